The third-order valence-corrected chi connectivity index (χ3v) is 5.98. The van der Waals surface area contributed by atoms with Crippen LogP contribution in [0.4, 0.5) is 0 Å². The molecule has 1 unspecified atom stereocenters. The van der Waals surface area contributed by atoms with Crippen molar-refractivity contribution in [1.29, 1.82) is 5.26 Å². The molecule has 1 heteroatoms. The van der Waals surface area contributed by atoms with Gasteiger partial charge in [-0.15, -0.1) is 0 Å². The molecule has 2 saturated carbocycles. The summed E-state index contributed by atoms with van der Waals surface area (Å²) in [4.78, 5) is 0. The zero-order valence-electron chi connectivity index (χ0n) is 13.0. The van der Waals surface area contributed by atoms with Crippen molar-refractivity contribution >= 4 is 0 Å². The van der Waals surface area contributed by atoms with Crippen LogP contribution in [0.3, 0.4) is 0 Å². The van der Waals surface area contributed by atoms with Crippen molar-refractivity contribution in [1.82, 2.24) is 0 Å². The number of hydrogen-bond acceptors (Lipinski definition) is 1. The highest BCUT2D eigenvalue weighted by atomic mass is 14.4. The fourth-order valence-electron chi connectivity index (χ4n) is 4.44. The molecule has 0 aromatic carbocycles. The Morgan fingerprint density at radius 3 is 2.16 bits per heavy atom. The van der Waals surface area contributed by atoms with Gasteiger partial charge in [-0.1, -0.05) is 52.4 Å². The Balaban J connectivity index is 1.87. The van der Waals surface area contributed by atoms with Crippen LogP contribution in [-0.4, -0.2) is 0 Å². The molecule has 0 amide bonds. The lowest BCUT2D eigenvalue weighted by Gasteiger charge is -2.40. The van der Waals surface area contributed by atoms with Gasteiger partial charge in [0.2, 0.25) is 0 Å². The van der Waals surface area contributed by atoms with Crippen LogP contribution in [0.2, 0.25) is 0 Å². The molecule has 0 saturated heterocycles. The van der Waals surface area contributed by atoms with Gasteiger partial charge in [0, 0.05) is 0 Å². The van der Waals surface area contributed by atoms with E-state index >= 15 is 0 Å². The van der Waals surface area contributed by atoms with Crippen LogP contribution in [0.5, 0.6) is 0 Å². The Bertz CT molecular complexity index is 300. The molecule has 2 aliphatic carbocycles. The molecule has 0 radical (unpaired) electrons. The maximum absolute atomic E-state index is 9.63. The molecule has 19 heavy (non-hydrogen) atoms. The smallest absolute Gasteiger partial charge is 0.0689 e. The Morgan fingerprint density at radius 1 is 1.05 bits per heavy atom. The summed E-state index contributed by atoms with van der Waals surface area (Å²) >= 11 is 0. The number of nitriles is 1. The monoisotopic (exact) mass is 261 g/mol. The quantitative estimate of drug-likeness (QED) is 0.636. The average molecular weight is 261 g/mol. The maximum Gasteiger partial charge on any atom is 0.0689 e. The zero-order chi connectivity index (χ0) is 13.7. The van der Waals surface area contributed by atoms with Crippen LogP contribution in [0.25, 0.3) is 0 Å². The average Bonchev–Trinajstić information content (AvgIpc) is 2.48. The zero-order valence-corrected chi connectivity index (χ0v) is 13.0. The Labute approximate surface area is 119 Å². The molecule has 108 valence electrons. The molecule has 0 N–H and O–H groups in total. The summed E-state index contributed by atoms with van der Waals surface area (Å²) < 4.78 is 0. The van der Waals surface area contributed by atoms with Gasteiger partial charge in [0.1, 0.15) is 0 Å². The lowest BCUT2D eigenvalue weighted by Crippen LogP contribution is -2.31. The van der Waals surface area contributed by atoms with E-state index < -0.39 is 0 Å². The van der Waals surface area contributed by atoms with Gasteiger partial charge in [-0.05, 0) is 49.9 Å². The van der Waals surface area contributed by atoms with Crippen molar-refractivity contribution in [3.63, 3.8) is 0 Å². The lowest BCUT2D eigenvalue weighted by molar-refractivity contribution is 0.120. The van der Waals surface area contributed by atoms with E-state index in [1.54, 1.807) is 0 Å². The third-order valence-electron chi connectivity index (χ3n) is 5.98. The molecule has 0 bridgehead atoms. The van der Waals surface area contributed by atoms with Crippen LogP contribution in [-0.2, 0) is 0 Å². The molecule has 1 atom stereocenters. The fraction of sp³-hybridized carbons (Fsp3) is 0.944. The van der Waals surface area contributed by atoms with Crippen molar-refractivity contribution < 1.29 is 0 Å². The van der Waals surface area contributed by atoms with Gasteiger partial charge in [-0.25, -0.2) is 0 Å². The summed E-state index contributed by atoms with van der Waals surface area (Å²) in [6.07, 6.45) is 14.7. The van der Waals surface area contributed by atoms with Crippen LogP contribution in [0.15, 0.2) is 0 Å². The first-order valence-electron chi connectivity index (χ1n) is 8.60. The molecule has 0 heterocycles. The second-order valence-corrected chi connectivity index (χ2v) is 7.35. The van der Waals surface area contributed by atoms with Crippen LogP contribution < -0.4 is 0 Å². The van der Waals surface area contributed by atoms with E-state index in [1.165, 1.54) is 64.2 Å². The number of rotatable bonds is 4. The second-order valence-electron chi connectivity index (χ2n) is 7.35. The molecule has 0 spiro atoms. The van der Waals surface area contributed by atoms with Crippen molar-refractivity contribution in [3.05, 3.63) is 0 Å². The lowest BCUT2D eigenvalue weighted by atomic mass is 9.63. The van der Waals surface area contributed by atoms with Gasteiger partial charge >= 0.3 is 0 Å². The Hall–Kier alpha value is -0.510. The van der Waals surface area contributed by atoms with Gasteiger partial charge in [-0.3, -0.25) is 0 Å². The molecule has 0 aliphatic heterocycles. The molecule has 1 nitrogen and oxygen atoms in total. The molecule has 2 rings (SSSR count). The van der Waals surface area contributed by atoms with Crippen molar-refractivity contribution in [2.45, 2.75) is 84.5 Å². The topological polar surface area (TPSA) is 23.8 Å². The van der Waals surface area contributed by atoms with Gasteiger partial charge in [0.05, 0.1) is 11.5 Å². The van der Waals surface area contributed by atoms with E-state index in [-0.39, 0.29) is 5.41 Å². The van der Waals surface area contributed by atoms with Gasteiger partial charge in [0.25, 0.3) is 0 Å². The number of nitrogens with zero attached hydrogens (tertiary/aromatic N) is 1. The minimum Gasteiger partial charge on any atom is -0.198 e. The van der Waals surface area contributed by atoms with Crippen molar-refractivity contribution in [2.24, 2.45) is 23.2 Å². The fourth-order valence-corrected chi connectivity index (χ4v) is 4.44. The highest BCUT2D eigenvalue weighted by Crippen LogP contribution is 2.47. The first kappa shape index (κ1) is 14.9. The van der Waals surface area contributed by atoms with Crippen molar-refractivity contribution in [3.8, 4) is 6.07 Å². The van der Waals surface area contributed by atoms with Crippen molar-refractivity contribution in [2.75, 3.05) is 0 Å². The van der Waals surface area contributed by atoms with E-state index in [4.69, 9.17) is 0 Å². The predicted octanol–water partition coefficient (Wildman–Crippen LogP) is 5.70. The maximum atomic E-state index is 9.63. The third kappa shape index (κ3) is 3.74. The highest BCUT2D eigenvalue weighted by Gasteiger charge is 2.38. The van der Waals surface area contributed by atoms with Crippen LogP contribution >= 0.6 is 0 Å². The van der Waals surface area contributed by atoms with E-state index in [1.807, 2.05) is 0 Å². The summed E-state index contributed by atoms with van der Waals surface area (Å²) in [7, 11) is 0. The first-order valence-corrected chi connectivity index (χ1v) is 8.60. The molecule has 0 aromatic rings. The van der Waals surface area contributed by atoms with Gasteiger partial charge in [0.15, 0.2) is 0 Å². The Morgan fingerprint density at radius 2 is 1.63 bits per heavy atom. The van der Waals surface area contributed by atoms with E-state index in [0.29, 0.717) is 5.92 Å². The van der Waals surface area contributed by atoms with Gasteiger partial charge < -0.3 is 0 Å². The van der Waals surface area contributed by atoms with E-state index in [0.717, 1.165) is 18.3 Å². The minimum atomic E-state index is 0.0284. The Kier molecular flexibility index (Phi) is 5.31. The largest absolute Gasteiger partial charge is 0.198 e. The first-order chi connectivity index (χ1) is 9.19. The standard InChI is InChI=1S/C18H31N/c1-3-15(2)13-18(14-19)11-9-17(10-12-18)16-7-5-4-6-8-16/h15-17H,3-13H2,1-2H3/t15?,17-,18+. The van der Waals surface area contributed by atoms with Crippen LogP contribution in [0, 0.1) is 34.5 Å². The SMILES string of the molecule is CCC(C)C[C@]1(C#N)CC[C@@H](C2CCCCC2)CC1. The normalized spacial score (nSPS) is 34.7. The molecular formula is C18H31N. The summed E-state index contributed by atoms with van der Waals surface area (Å²) in [6, 6.07) is 2.71. The summed E-state index contributed by atoms with van der Waals surface area (Å²) in [5, 5.41) is 9.63. The van der Waals surface area contributed by atoms with Gasteiger partial charge in [-0.2, -0.15) is 5.26 Å². The molecule has 0 aromatic heterocycles. The summed E-state index contributed by atoms with van der Waals surface area (Å²) in [6.45, 7) is 4.57. The summed E-state index contributed by atoms with van der Waals surface area (Å²) in [5.41, 5.74) is 0.0284. The molecular weight excluding hydrogens is 230 g/mol. The predicted molar refractivity (Wildman–Crippen MR) is 80.7 cm³/mol. The number of hydrogen-bond donors (Lipinski definition) is 0. The van der Waals surface area contributed by atoms with E-state index in [9.17, 15) is 5.26 Å². The second kappa shape index (κ2) is 6.78. The minimum absolute atomic E-state index is 0.0284. The van der Waals surface area contributed by atoms with E-state index in [2.05, 4.69) is 19.9 Å². The summed E-state index contributed by atoms with van der Waals surface area (Å²) in [5.74, 6) is 2.65. The van der Waals surface area contributed by atoms with Crippen LogP contribution in [0.1, 0.15) is 84.5 Å². The molecule has 2 aliphatic rings. The highest BCUT2D eigenvalue weighted by molar-refractivity contribution is 5.02. The molecule has 2 fully saturated rings.